The molecule has 6 nitrogen and oxygen atoms in total. The number of carbonyl (C=O) groups is 1. The predicted molar refractivity (Wildman–Crippen MR) is 199 cm³/mol. The fourth-order valence-corrected chi connectivity index (χ4v) is 7.93. The molecule has 3 aliphatic rings. The molecule has 0 N–H and O–H groups in total. The highest BCUT2D eigenvalue weighted by Crippen LogP contribution is 2.66. The summed E-state index contributed by atoms with van der Waals surface area (Å²) in [5.41, 5.74) is 11.5. The van der Waals surface area contributed by atoms with Gasteiger partial charge in [-0.15, -0.1) is 0 Å². The van der Waals surface area contributed by atoms with E-state index in [1.807, 2.05) is 62.6 Å². The van der Waals surface area contributed by atoms with E-state index in [9.17, 15) is 0 Å². The Hall–Kier alpha value is -6.01. The van der Waals surface area contributed by atoms with Crippen LogP contribution in [0, 0.1) is 0 Å². The van der Waals surface area contributed by atoms with Crippen molar-refractivity contribution in [3.63, 3.8) is 0 Å². The van der Waals surface area contributed by atoms with E-state index in [0.717, 1.165) is 78.6 Å². The summed E-state index contributed by atoms with van der Waals surface area (Å²) in [7, 11) is 10.7. The fraction of sp³-hybridized carbons (Fsp3) is 0.159. The molecular formula is C44H37NO5. The van der Waals surface area contributed by atoms with Crippen LogP contribution >= 0.6 is 0 Å². The van der Waals surface area contributed by atoms with Crippen LogP contribution in [0.5, 0.6) is 23.0 Å². The van der Waals surface area contributed by atoms with E-state index in [4.69, 9.17) is 18.9 Å². The van der Waals surface area contributed by atoms with Crippen LogP contribution < -0.4 is 23.8 Å². The van der Waals surface area contributed by atoms with Gasteiger partial charge in [0.25, 0.3) is 0 Å². The molecule has 5 aromatic rings. The Labute approximate surface area is 292 Å². The lowest BCUT2D eigenvalue weighted by Crippen LogP contribution is -2.32. The number of carbonyl (C=O) groups excluding carboxylic acids is 1. The number of allylic oxidation sites excluding steroid dienone is 4. The standard InChI is InChI=1S/C44H37NO5/c1-45(2)30-14-7-26(8-15-30)39-35-22-21-34(50-6)25-37(35)40-41-38(23-27-9-16-33(49-5)24-36(27)43(41)46)44(42(39)40,28-10-17-31(47-3)18-11-28)29-12-19-32(48-4)20-13-29/h7-25H,1-6H3. The van der Waals surface area contributed by atoms with Crippen LogP contribution in [0.2, 0.25) is 0 Å². The van der Waals surface area contributed by atoms with E-state index in [0.29, 0.717) is 16.9 Å². The molecule has 3 aliphatic carbocycles. The molecule has 0 aromatic heterocycles. The topological polar surface area (TPSA) is 57.2 Å². The Balaban J connectivity index is 1.57. The molecule has 0 amide bonds. The molecular weight excluding hydrogens is 622 g/mol. The van der Waals surface area contributed by atoms with Gasteiger partial charge >= 0.3 is 0 Å². The number of fused-ring (bicyclic) bond motifs is 5. The molecule has 0 spiro atoms. The van der Waals surface area contributed by atoms with Gasteiger partial charge in [0.15, 0.2) is 5.78 Å². The second kappa shape index (κ2) is 11.8. The lowest BCUT2D eigenvalue weighted by molar-refractivity contribution is 0.103. The first kappa shape index (κ1) is 31.3. The zero-order valence-corrected chi connectivity index (χ0v) is 29.0. The number of nitrogens with zero attached hydrogens (tertiary/aromatic N) is 1. The molecule has 0 bridgehead atoms. The molecule has 5 aromatic carbocycles. The highest BCUT2D eigenvalue weighted by atomic mass is 16.5. The molecule has 0 saturated carbocycles. The minimum absolute atomic E-state index is 0.0363. The quantitative estimate of drug-likeness (QED) is 0.166. The van der Waals surface area contributed by atoms with E-state index in [1.54, 1.807) is 28.4 Å². The maximum atomic E-state index is 15.1. The lowest BCUT2D eigenvalue weighted by atomic mass is 9.63. The molecule has 0 saturated heterocycles. The summed E-state index contributed by atoms with van der Waals surface area (Å²) in [6, 6.07) is 37.1. The molecule has 0 atom stereocenters. The third-order valence-corrected chi connectivity index (χ3v) is 10.3. The predicted octanol–water partition coefficient (Wildman–Crippen LogP) is 8.64. The first-order chi connectivity index (χ1) is 24.3. The summed E-state index contributed by atoms with van der Waals surface area (Å²) in [4.78, 5) is 17.2. The smallest absolute Gasteiger partial charge is 0.194 e. The summed E-state index contributed by atoms with van der Waals surface area (Å²) in [5.74, 6) is 2.83. The van der Waals surface area contributed by atoms with Crippen molar-refractivity contribution in [1.82, 2.24) is 0 Å². The minimum Gasteiger partial charge on any atom is -0.497 e. The molecule has 0 radical (unpaired) electrons. The van der Waals surface area contributed by atoms with Crippen LogP contribution in [0.4, 0.5) is 5.69 Å². The summed E-state index contributed by atoms with van der Waals surface area (Å²) >= 11 is 0. The van der Waals surface area contributed by atoms with Crippen molar-refractivity contribution in [2.24, 2.45) is 0 Å². The molecule has 50 heavy (non-hydrogen) atoms. The number of ether oxygens (including phenoxy) is 4. The number of rotatable bonds is 8. The average Bonchev–Trinajstić information content (AvgIpc) is 3.65. The van der Waals surface area contributed by atoms with Crippen molar-refractivity contribution >= 4 is 28.7 Å². The molecule has 0 fully saturated rings. The van der Waals surface area contributed by atoms with Gasteiger partial charge in [-0.1, -0.05) is 48.5 Å². The first-order valence-corrected chi connectivity index (χ1v) is 16.5. The Morgan fingerprint density at radius 2 is 1.04 bits per heavy atom. The highest BCUT2D eigenvalue weighted by Gasteiger charge is 2.56. The summed E-state index contributed by atoms with van der Waals surface area (Å²) in [5, 5.41) is 0. The number of benzene rings is 5. The van der Waals surface area contributed by atoms with Crippen molar-refractivity contribution in [2.75, 3.05) is 47.4 Å². The zero-order valence-electron chi connectivity index (χ0n) is 29.0. The van der Waals surface area contributed by atoms with Crippen LogP contribution in [-0.2, 0) is 5.41 Å². The first-order valence-electron chi connectivity index (χ1n) is 16.5. The van der Waals surface area contributed by atoms with Crippen molar-refractivity contribution in [3.8, 4) is 23.0 Å². The maximum Gasteiger partial charge on any atom is 0.194 e. The Morgan fingerprint density at radius 1 is 0.520 bits per heavy atom. The third kappa shape index (κ3) is 4.44. The number of hydrogen-bond donors (Lipinski definition) is 0. The molecule has 248 valence electrons. The fourth-order valence-electron chi connectivity index (χ4n) is 7.93. The van der Waals surface area contributed by atoms with Gasteiger partial charge < -0.3 is 23.8 Å². The van der Waals surface area contributed by atoms with Crippen LogP contribution in [0.1, 0.15) is 43.7 Å². The van der Waals surface area contributed by atoms with Crippen LogP contribution in [0.15, 0.2) is 126 Å². The van der Waals surface area contributed by atoms with Gasteiger partial charge in [-0.2, -0.15) is 0 Å². The van der Waals surface area contributed by atoms with Gasteiger partial charge in [0.2, 0.25) is 0 Å². The van der Waals surface area contributed by atoms with Gasteiger partial charge in [0.1, 0.15) is 23.0 Å². The largest absolute Gasteiger partial charge is 0.497 e. The maximum absolute atomic E-state index is 15.1. The molecule has 8 rings (SSSR count). The van der Waals surface area contributed by atoms with Crippen molar-refractivity contribution < 1.29 is 23.7 Å². The van der Waals surface area contributed by atoms with Crippen LogP contribution in [-0.4, -0.2) is 48.3 Å². The number of Topliss-reactive ketones (excluding diaryl/α,β-unsaturated/α-hetero) is 1. The van der Waals surface area contributed by atoms with Crippen molar-refractivity contribution in [1.29, 1.82) is 0 Å². The molecule has 0 unspecified atom stereocenters. The van der Waals surface area contributed by atoms with E-state index in [2.05, 4.69) is 71.6 Å². The van der Waals surface area contributed by atoms with Gasteiger partial charge in [0, 0.05) is 30.9 Å². The Bertz CT molecular complexity index is 2230. The van der Waals surface area contributed by atoms with E-state index in [-0.39, 0.29) is 5.78 Å². The van der Waals surface area contributed by atoms with E-state index >= 15 is 4.79 Å². The SMILES string of the molecule is COc1ccc(C2(c3ccc(OC)cc3)C3=Cc4ccc(OC)cc4C(=O)C3=C3C2=C(c2ccc(N(C)C)cc2)c2ccc(OC)cc23)cc1. The molecule has 0 heterocycles. The van der Waals surface area contributed by atoms with Gasteiger partial charge in [-0.05, 0) is 122 Å². The van der Waals surface area contributed by atoms with Gasteiger partial charge in [0.05, 0.1) is 33.9 Å². The normalized spacial score (nSPS) is 15.2. The van der Waals surface area contributed by atoms with Gasteiger partial charge in [-0.25, -0.2) is 0 Å². The summed E-state index contributed by atoms with van der Waals surface area (Å²) < 4.78 is 22.7. The zero-order chi connectivity index (χ0) is 34.7. The Kier molecular flexibility index (Phi) is 7.41. The number of ketones is 1. The monoisotopic (exact) mass is 659 g/mol. The van der Waals surface area contributed by atoms with Crippen molar-refractivity contribution in [3.05, 3.63) is 165 Å². The van der Waals surface area contributed by atoms with E-state index in [1.165, 1.54) is 0 Å². The van der Waals surface area contributed by atoms with Gasteiger partial charge in [-0.3, -0.25) is 4.79 Å². The summed E-state index contributed by atoms with van der Waals surface area (Å²) in [6.07, 6.45) is 2.20. The van der Waals surface area contributed by atoms with Crippen LogP contribution in [0.3, 0.4) is 0 Å². The molecule has 0 aliphatic heterocycles. The lowest BCUT2D eigenvalue weighted by Gasteiger charge is -2.37. The second-order valence-corrected chi connectivity index (χ2v) is 12.9. The average molecular weight is 660 g/mol. The van der Waals surface area contributed by atoms with Crippen molar-refractivity contribution in [2.45, 2.75) is 5.41 Å². The summed E-state index contributed by atoms with van der Waals surface area (Å²) in [6.45, 7) is 0. The highest BCUT2D eigenvalue weighted by molar-refractivity contribution is 6.29. The Morgan fingerprint density at radius 3 is 1.58 bits per heavy atom. The van der Waals surface area contributed by atoms with E-state index < -0.39 is 5.41 Å². The number of methoxy groups -OCH3 is 4. The second-order valence-electron chi connectivity index (χ2n) is 12.9. The number of anilines is 1. The molecule has 6 heteroatoms. The number of hydrogen-bond acceptors (Lipinski definition) is 6. The van der Waals surface area contributed by atoms with Crippen LogP contribution in [0.25, 0.3) is 17.2 Å². The minimum atomic E-state index is -0.891. The third-order valence-electron chi connectivity index (χ3n) is 10.3.